The van der Waals surface area contributed by atoms with Gasteiger partial charge >= 0.3 is 6.18 Å². The third-order valence-electron chi connectivity index (χ3n) is 1.86. The maximum atomic E-state index is 12.1. The zero-order valence-corrected chi connectivity index (χ0v) is 10.3. The molecule has 0 aliphatic carbocycles. The van der Waals surface area contributed by atoms with Crippen LogP contribution in [-0.2, 0) is 4.79 Å². The Morgan fingerprint density at radius 3 is 2.59 bits per heavy atom. The van der Waals surface area contributed by atoms with Gasteiger partial charge in [-0.15, -0.1) is 0 Å². The zero-order valence-electron chi connectivity index (χ0n) is 8.72. The number of Topliss-reactive ketones (excluding diaryl/α,β-unsaturated/α-hetero) is 1. The molecule has 0 spiro atoms. The molecule has 0 amide bonds. The lowest BCUT2D eigenvalue weighted by Gasteiger charge is -2.04. The highest BCUT2D eigenvalue weighted by Crippen LogP contribution is 2.26. The summed E-state index contributed by atoms with van der Waals surface area (Å²) < 4.78 is 40.7. The minimum Gasteiger partial charge on any atom is -0.497 e. The SMILES string of the molecule is COc1cccc(/C=C(\Br)C(=O)C(F)(F)F)c1. The van der Waals surface area contributed by atoms with Crippen LogP contribution in [0, 0.1) is 0 Å². The fraction of sp³-hybridized carbons (Fsp3) is 0.182. The van der Waals surface area contributed by atoms with Crippen molar-refractivity contribution < 1.29 is 22.7 Å². The fourth-order valence-electron chi connectivity index (χ4n) is 1.08. The highest BCUT2D eigenvalue weighted by Gasteiger charge is 2.39. The van der Waals surface area contributed by atoms with E-state index in [2.05, 4.69) is 15.9 Å². The molecule has 6 heteroatoms. The van der Waals surface area contributed by atoms with E-state index in [0.29, 0.717) is 11.3 Å². The molecule has 0 saturated carbocycles. The summed E-state index contributed by atoms with van der Waals surface area (Å²) in [5, 5.41) is 0. The number of alkyl halides is 3. The number of rotatable bonds is 3. The molecule has 17 heavy (non-hydrogen) atoms. The van der Waals surface area contributed by atoms with Gasteiger partial charge in [0.1, 0.15) is 5.75 Å². The Morgan fingerprint density at radius 1 is 1.41 bits per heavy atom. The highest BCUT2D eigenvalue weighted by atomic mass is 79.9. The molecule has 2 nitrogen and oxygen atoms in total. The Labute approximate surface area is 104 Å². The lowest BCUT2D eigenvalue weighted by molar-refractivity contribution is -0.165. The third kappa shape index (κ3) is 3.89. The van der Waals surface area contributed by atoms with E-state index >= 15 is 0 Å². The number of ether oxygens (including phenoxy) is 1. The Balaban J connectivity index is 2.98. The van der Waals surface area contributed by atoms with Crippen molar-refractivity contribution in [1.29, 1.82) is 0 Å². The first kappa shape index (κ1) is 13.8. The van der Waals surface area contributed by atoms with Crippen molar-refractivity contribution in [3.63, 3.8) is 0 Å². The normalized spacial score (nSPS) is 12.4. The summed E-state index contributed by atoms with van der Waals surface area (Å²) in [5.41, 5.74) is 0.439. The number of carbonyl (C=O) groups excluding carboxylic acids is 1. The molecule has 0 unspecified atom stereocenters. The van der Waals surface area contributed by atoms with Gasteiger partial charge in [0.25, 0.3) is 5.78 Å². The minimum absolute atomic E-state index is 0.439. The maximum absolute atomic E-state index is 12.1. The van der Waals surface area contributed by atoms with Crippen LogP contribution in [-0.4, -0.2) is 19.1 Å². The summed E-state index contributed by atoms with van der Waals surface area (Å²) in [4.78, 5) is 10.9. The Hall–Kier alpha value is -1.30. The van der Waals surface area contributed by atoms with E-state index in [1.54, 1.807) is 18.2 Å². The van der Waals surface area contributed by atoms with Gasteiger partial charge in [0, 0.05) is 0 Å². The molecular weight excluding hydrogens is 301 g/mol. The number of allylic oxidation sites excluding steroid dienone is 1. The van der Waals surface area contributed by atoms with Crippen LogP contribution in [0.15, 0.2) is 28.7 Å². The Bertz CT molecular complexity index is 452. The van der Waals surface area contributed by atoms with Gasteiger partial charge in [0.2, 0.25) is 0 Å². The topological polar surface area (TPSA) is 26.3 Å². The number of halogens is 4. The second-order valence-corrected chi connectivity index (χ2v) is 3.95. The molecule has 1 rings (SSSR count). The fourth-order valence-corrected chi connectivity index (χ4v) is 1.57. The van der Waals surface area contributed by atoms with Crippen molar-refractivity contribution in [2.45, 2.75) is 6.18 Å². The van der Waals surface area contributed by atoms with Crippen molar-refractivity contribution >= 4 is 27.8 Å². The molecule has 0 atom stereocenters. The van der Waals surface area contributed by atoms with Gasteiger partial charge in [0.05, 0.1) is 11.6 Å². The smallest absolute Gasteiger partial charge is 0.455 e. The lowest BCUT2D eigenvalue weighted by Crippen LogP contribution is -2.22. The average molecular weight is 309 g/mol. The summed E-state index contributed by atoms with van der Waals surface area (Å²) in [6.07, 6.45) is -3.79. The van der Waals surface area contributed by atoms with Gasteiger partial charge in [-0.25, -0.2) is 0 Å². The summed E-state index contributed by atoms with van der Waals surface area (Å²) in [7, 11) is 1.44. The number of methoxy groups -OCH3 is 1. The summed E-state index contributed by atoms with van der Waals surface area (Å²) in [5.74, 6) is -1.42. The molecule has 0 bridgehead atoms. The zero-order chi connectivity index (χ0) is 13.1. The first-order chi connectivity index (χ1) is 7.84. The van der Waals surface area contributed by atoms with Crippen LogP contribution >= 0.6 is 15.9 Å². The standard InChI is InChI=1S/C11H8BrF3O2/c1-17-8-4-2-3-7(5-8)6-9(12)10(16)11(13,14)15/h2-6H,1H3/b9-6-. The predicted molar refractivity (Wildman–Crippen MR) is 61.0 cm³/mol. The molecule has 1 aromatic rings. The number of benzene rings is 1. The van der Waals surface area contributed by atoms with Gasteiger partial charge < -0.3 is 4.74 Å². The van der Waals surface area contributed by atoms with E-state index in [-0.39, 0.29) is 0 Å². The van der Waals surface area contributed by atoms with E-state index in [9.17, 15) is 18.0 Å². The quantitative estimate of drug-likeness (QED) is 0.798. The Morgan fingerprint density at radius 2 is 2.06 bits per heavy atom. The first-order valence-corrected chi connectivity index (χ1v) is 5.26. The van der Waals surface area contributed by atoms with E-state index in [1.807, 2.05) is 0 Å². The van der Waals surface area contributed by atoms with Crippen LogP contribution in [0.25, 0.3) is 6.08 Å². The summed E-state index contributed by atoms with van der Waals surface area (Å²) in [6, 6.07) is 6.35. The van der Waals surface area contributed by atoms with Crippen molar-refractivity contribution in [2.75, 3.05) is 7.11 Å². The summed E-state index contributed by atoms with van der Waals surface area (Å²) in [6.45, 7) is 0. The van der Waals surface area contributed by atoms with Gasteiger partial charge in [-0.3, -0.25) is 4.79 Å². The first-order valence-electron chi connectivity index (χ1n) is 4.47. The molecule has 0 fully saturated rings. The average Bonchev–Trinajstić information content (AvgIpc) is 2.27. The van der Waals surface area contributed by atoms with Crippen molar-refractivity contribution in [3.05, 3.63) is 34.3 Å². The van der Waals surface area contributed by atoms with Crippen LogP contribution in [0.5, 0.6) is 5.75 Å². The molecule has 0 aliphatic rings. The number of hydrogen-bond acceptors (Lipinski definition) is 2. The molecule has 0 radical (unpaired) electrons. The molecular formula is C11H8BrF3O2. The monoisotopic (exact) mass is 308 g/mol. The molecule has 92 valence electrons. The molecule has 0 saturated heterocycles. The van der Waals surface area contributed by atoms with E-state index < -0.39 is 16.4 Å². The van der Waals surface area contributed by atoms with E-state index in [1.165, 1.54) is 13.2 Å². The lowest BCUT2D eigenvalue weighted by atomic mass is 10.2. The van der Waals surface area contributed by atoms with Crippen LogP contribution in [0.4, 0.5) is 13.2 Å². The second kappa shape index (κ2) is 5.35. The Kier molecular flexibility index (Phi) is 4.34. The maximum Gasteiger partial charge on any atom is 0.455 e. The number of hydrogen-bond donors (Lipinski definition) is 0. The largest absolute Gasteiger partial charge is 0.497 e. The van der Waals surface area contributed by atoms with Crippen LogP contribution in [0.2, 0.25) is 0 Å². The van der Waals surface area contributed by atoms with Crippen molar-refractivity contribution in [1.82, 2.24) is 0 Å². The molecule has 0 aliphatic heterocycles. The van der Waals surface area contributed by atoms with Crippen molar-refractivity contribution in [3.8, 4) is 5.75 Å². The van der Waals surface area contributed by atoms with Gasteiger partial charge in [0.15, 0.2) is 0 Å². The minimum atomic E-state index is -4.88. The molecule has 0 heterocycles. The van der Waals surface area contributed by atoms with Crippen LogP contribution < -0.4 is 4.74 Å². The van der Waals surface area contributed by atoms with Crippen LogP contribution in [0.3, 0.4) is 0 Å². The van der Waals surface area contributed by atoms with E-state index in [0.717, 1.165) is 6.08 Å². The van der Waals surface area contributed by atoms with Crippen LogP contribution in [0.1, 0.15) is 5.56 Å². The summed E-state index contributed by atoms with van der Waals surface area (Å²) >= 11 is 2.61. The highest BCUT2D eigenvalue weighted by molar-refractivity contribution is 9.12. The molecule has 1 aromatic carbocycles. The van der Waals surface area contributed by atoms with Crippen molar-refractivity contribution in [2.24, 2.45) is 0 Å². The number of carbonyl (C=O) groups is 1. The predicted octanol–water partition coefficient (Wildman–Crippen LogP) is 3.56. The molecule has 0 N–H and O–H groups in total. The second-order valence-electron chi connectivity index (χ2n) is 3.10. The van der Waals surface area contributed by atoms with E-state index in [4.69, 9.17) is 4.74 Å². The van der Waals surface area contributed by atoms with Gasteiger partial charge in [-0.05, 0) is 39.7 Å². The van der Waals surface area contributed by atoms with Gasteiger partial charge in [-0.1, -0.05) is 12.1 Å². The number of ketones is 1. The third-order valence-corrected chi connectivity index (χ3v) is 2.45. The molecule has 0 aromatic heterocycles. The van der Waals surface area contributed by atoms with Gasteiger partial charge in [-0.2, -0.15) is 13.2 Å².